The molecule has 7 nitrogen and oxygen atoms in total. The highest BCUT2D eigenvalue weighted by molar-refractivity contribution is 7.89. The van der Waals surface area contributed by atoms with E-state index in [1.54, 1.807) is 13.0 Å². The van der Waals surface area contributed by atoms with Crippen molar-refractivity contribution >= 4 is 21.4 Å². The molecule has 0 radical (unpaired) electrons. The number of thiophene rings is 1. The van der Waals surface area contributed by atoms with Gasteiger partial charge >= 0.3 is 0 Å². The molecule has 1 aliphatic rings. The van der Waals surface area contributed by atoms with E-state index in [2.05, 4.69) is 19.8 Å². The van der Waals surface area contributed by atoms with Gasteiger partial charge in [-0.05, 0) is 38.9 Å². The van der Waals surface area contributed by atoms with Crippen LogP contribution >= 0.6 is 11.3 Å². The van der Waals surface area contributed by atoms with Crippen molar-refractivity contribution in [3.8, 4) is 22.2 Å². The van der Waals surface area contributed by atoms with Crippen LogP contribution in [0.2, 0.25) is 0 Å². The fraction of sp³-hybridized carbons (Fsp3) is 0.368. The molecule has 1 N–H and O–H groups in total. The molecule has 1 saturated heterocycles. The van der Waals surface area contributed by atoms with Crippen LogP contribution in [0.4, 0.5) is 0 Å². The molecular formula is C19H22N4O3S2. The van der Waals surface area contributed by atoms with Crippen molar-refractivity contribution in [3.63, 3.8) is 0 Å². The summed E-state index contributed by atoms with van der Waals surface area (Å²) in [5, 5.41) is 4.01. The number of benzene rings is 1. The van der Waals surface area contributed by atoms with Gasteiger partial charge in [-0.1, -0.05) is 35.5 Å². The van der Waals surface area contributed by atoms with Crippen LogP contribution in [0.15, 0.2) is 45.8 Å². The fourth-order valence-corrected chi connectivity index (χ4v) is 5.82. The molecule has 28 heavy (non-hydrogen) atoms. The van der Waals surface area contributed by atoms with Gasteiger partial charge in [0.2, 0.25) is 15.8 Å². The molecule has 1 fully saturated rings. The minimum absolute atomic E-state index is 0.272. The molecular weight excluding hydrogens is 396 g/mol. The van der Waals surface area contributed by atoms with E-state index in [9.17, 15) is 8.42 Å². The molecule has 1 aliphatic heterocycles. The summed E-state index contributed by atoms with van der Waals surface area (Å²) >= 11 is 1.34. The molecule has 148 valence electrons. The first-order valence-electron chi connectivity index (χ1n) is 9.25. The monoisotopic (exact) mass is 418 g/mol. The lowest BCUT2D eigenvalue weighted by Crippen LogP contribution is -2.33. The van der Waals surface area contributed by atoms with Crippen LogP contribution in [0, 0.1) is 6.92 Å². The van der Waals surface area contributed by atoms with Crippen molar-refractivity contribution < 1.29 is 12.9 Å². The third-order valence-corrected chi connectivity index (χ3v) is 7.50. The Labute approximate surface area is 168 Å². The highest BCUT2D eigenvalue weighted by Gasteiger charge is 2.23. The Kier molecular flexibility index (Phi) is 5.58. The van der Waals surface area contributed by atoms with Crippen molar-refractivity contribution in [2.45, 2.75) is 24.7 Å². The number of rotatable bonds is 7. The lowest BCUT2D eigenvalue weighted by Gasteiger charge is -2.14. The summed E-state index contributed by atoms with van der Waals surface area (Å²) in [5.74, 6) is 0.806. The van der Waals surface area contributed by atoms with Crippen LogP contribution in [0.1, 0.15) is 17.7 Å². The zero-order chi connectivity index (χ0) is 19.6. The summed E-state index contributed by atoms with van der Waals surface area (Å²) in [6, 6.07) is 11.1. The third-order valence-electron chi connectivity index (χ3n) is 4.75. The number of likely N-dealkylation sites (tertiary alicyclic amines) is 1. The standard InChI is InChI=1S/C19H22N4O3S2/c1-14-17(28(24,25)20-9-12-23-10-5-6-11-23)13-16(27-14)19-21-18(22-26-19)15-7-3-2-4-8-15/h2-4,7-8,13,20H,5-6,9-12H2,1H3. The molecule has 0 saturated carbocycles. The van der Waals surface area contributed by atoms with Gasteiger partial charge in [-0.15, -0.1) is 11.3 Å². The number of hydrogen-bond donors (Lipinski definition) is 1. The lowest BCUT2D eigenvalue weighted by atomic mass is 10.2. The molecule has 0 spiro atoms. The lowest BCUT2D eigenvalue weighted by molar-refractivity contribution is 0.344. The van der Waals surface area contributed by atoms with E-state index in [-0.39, 0.29) is 4.90 Å². The average Bonchev–Trinajstić information content (AvgIpc) is 3.43. The van der Waals surface area contributed by atoms with Crippen molar-refractivity contribution in [1.82, 2.24) is 19.8 Å². The van der Waals surface area contributed by atoms with Crippen molar-refractivity contribution in [2.24, 2.45) is 0 Å². The normalized spacial score (nSPS) is 15.3. The zero-order valence-corrected chi connectivity index (χ0v) is 17.2. The Morgan fingerprint density at radius 2 is 1.96 bits per heavy atom. The molecule has 1 aromatic carbocycles. The molecule has 0 unspecified atom stereocenters. The van der Waals surface area contributed by atoms with Crippen LogP contribution in [-0.4, -0.2) is 49.6 Å². The van der Waals surface area contributed by atoms with Gasteiger partial charge in [-0.2, -0.15) is 4.98 Å². The smallest absolute Gasteiger partial charge is 0.268 e. The van der Waals surface area contributed by atoms with E-state index in [1.165, 1.54) is 24.2 Å². The predicted octanol–water partition coefficient (Wildman–Crippen LogP) is 3.15. The van der Waals surface area contributed by atoms with E-state index < -0.39 is 10.0 Å². The second-order valence-electron chi connectivity index (χ2n) is 6.77. The van der Waals surface area contributed by atoms with Gasteiger partial charge in [0, 0.05) is 23.5 Å². The largest absolute Gasteiger partial charge is 0.333 e. The van der Waals surface area contributed by atoms with Gasteiger partial charge < -0.3 is 9.42 Å². The molecule has 0 atom stereocenters. The summed E-state index contributed by atoms with van der Waals surface area (Å²) in [7, 11) is -3.57. The Hall–Kier alpha value is -2.07. The van der Waals surface area contributed by atoms with E-state index >= 15 is 0 Å². The van der Waals surface area contributed by atoms with Crippen molar-refractivity contribution in [3.05, 3.63) is 41.3 Å². The first kappa shape index (κ1) is 19.3. The number of hydrogen-bond acceptors (Lipinski definition) is 7. The second-order valence-corrected chi connectivity index (χ2v) is 9.76. The van der Waals surface area contributed by atoms with E-state index in [1.807, 2.05) is 30.3 Å². The summed E-state index contributed by atoms with van der Waals surface area (Å²) < 4.78 is 33.5. The van der Waals surface area contributed by atoms with Gasteiger partial charge in [0.1, 0.15) is 0 Å². The van der Waals surface area contributed by atoms with Crippen LogP contribution < -0.4 is 4.72 Å². The van der Waals surface area contributed by atoms with Crippen LogP contribution in [-0.2, 0) is 10.0 Å². The predicted molar refractivity (Wildman–Crippen MR) is 109 cm³/mol. The van der Waals surface area contributed by atoms with Gasteiger partial charge in [0.25, 0.3) is 5.89 Å². The van der Waals surface area contributed by atoms with Crippen LogP contribution in [0.3, 0.4) is 0 Å². The molecule has 0 amide bonds. The second kappa shape index (κ2) is 8.12. The highest BCUT2D eigenvalue weighted by Crippen LogP contribution is 2.33. The van der Waals surface area contributed by atoms with Gasteiger partial charge in [0.05, 0.1) is 9.77 Å². The number of aryl methyl sites for hydroxylation is 1. The topological polar surface area (TPSA) is 88.3 Å². The molecule has 4 rings (SSSR count). The van der Waals surface area contributed by atoms with E-state index in [0.29, 0.717) is 28.0 Å². The Morgan fingerprint density at radius 1 is 1.21 bits per heavy atom. The Bertz CT molecular complexity index is 1040. The molecule has 3 aromatic rings. The summed E-state index contributed by atoms with van der Waals surface area (Å²) in [4.78, 5) is 8.30. The zero-order valence-electron chi connectivity index (χ0n) is 15.6. The maximum absolute atomic E-state index is 12.7. The van der Waals surface area contributed by atoms with Gasteiger partial charge in [0.15, 0.2) is 0 Å². The van der Waals surface area contributed by atoms with Crippen molar-refractivity contribution in [2.75, 3.05) is 26.2 Å². The SMILES string of the molecule is Cc1sc(-c2nc(-c3ccccc3)no2)cc1S(=O)(=O)NCCN1CCCC1. The highest BCUT2D eigenvalue weighted by atomic mass is 32.2. The van der Waals surface area contributed by atoms with Crippen molar-refractivity contribution in [1.29, 1.82) is 0 Å². The maximum Gasteiger partial charge on any atom is 0.268 e. The number of nitrogens with one attached hydrogen (secondary N) is 1. The van der Waals surface area contributed by atoms with Crippen LogP contribution in [0.25, 0.3) is 22.2 Å². The first-order valence-corrected chi connectivity index (χ1v) is 11.5. The summed E-state index contributed by atoms with van der Waals surface area (Å²) in [6.45, 7) is 5.03. The Morgan fingerprint density at radius 3 is 2.71 bits per heavy atom. The first-order chi connectivity index (χ1) is 13.5. The maximum atomic E-state index is 12.7. The molecule has 0 bridgehead atoms. The van der Waals surface area contributed by atoms with E-state index in [0.717, 1.165) is 25.2 Å². The summed E-state index contributed by atoms with van der Waals surface area (Å²) in [5.41, 5.74) is 0.849. The minimum Gasteiger partial charge on any atom is -0.333 e. The van der Waals surface area contributed by atoms with Crippen LogP contribution in [0.5, 0.6) is 0 Å². The fourth-order valence-electron chi connectivity index (χ4n) is 3.29. The minimum atomic E-state index is -3.57. The Balaban J connectivity index is 1.49. The van der Waals surface area contributed by atoms with Gasteiger partial charge in [-0.25, -0.2) is 13.1 Å². The number of sulfonamides is 1. The van der Waals surface area contributed by atoms with E-state index in [4.69, 9.17) is 4.52 Å². The molecule has 2 aromatic heterocycles. The third kappa shape index (κ3) is 4.17. The number of nitrogens with zero attached hydrogens (tertiary/aromatic N) is 3. The molecule has 0 aliphatic carbocycles. The summed E-state index contributed by atoms with van der Waals surface area (Å²) in [6.07, 6.45) is 2.38. The molecule has 3 heterocycles. The van der Waals surface area contributed by atoms with Gasteiger partial charge in [-0.3, -0.25) is 0 Å². The molecule has 9 heteroatoms. The number of aromatic nitrogens is 2. The average molecular weight is 419 g/mol. The quantitative estimate of drug-likeness (QED) is 0.634.